The van der Waals surface area contributed by atoms with Crippen molar-refractivity contribution in [2.75, 3.05) is 13.1 Å². The number of pyridine rings is 1. The molecule has 0 aromatic carbocycles. The maximum Gasteiger partial charge on any atom is 0.211 e. The second-order valence-corrected chi connectivity index (χ2v) is 4.36. The Kier molecular flexibility index (Phi) is 4.88. The zero-order chi connectivity index (χ0) is 14.2. The highest BCUT2D eigenvalue weighted by Gasteiger charge is 2.11. The molecule has 0 aliphatic carbocycles. The van der Waals surface area contributed by atoms with E-state index in [9.17, 15) is 9.59 Å². The molecule has 0 fully saturated rings. The summed E-state index contributed by atoms with van der Waals surface area (Å²) in [4.78, 5) is 27.2. The molecule has 2 heterocycles. The number of allylic oxidation sites excluding steroid dienone is 1. The fourth-order valence-corrected chi connectivity index (χ4v) is 2.00. The van der Waals surface area contributed by atoms with Gasteiger partial charge in [-0.15, -0.1) is 0 Å². The largest absolute Gasteiger partial charge is 0.370 e. The van der Waals surface area contributed by atoms with Gasteiger partial charge in [-0.1, -0.05) is 6.07 Å². The first-order valence-corrected chi connectivity index (χ1v) is 6.27. The van der Waals surface area contributed by atoms with Crippen LogP contribution in [-0.4, -0.2) is 35.8 Å². The van der Waals surface area contributed by atoms with E-state index in [1.165, 1.54) is 0 Å². The highest BCUT2D eigenvalue weighted by Crippen LogP contribution is 2.10. The molecule has 6 heteroatoms. The van der Waals surface area contributed by atoms with Gasteiger partial charge in [0.05, 0.1) is 12.2 Å². The summed E-state index contributed by atoms with van der Waals surface area (Å²) in [6, 6.07) is 3.92. The number of nitrogens with one attached hydrogen (secondary N) is 2. The Labute approximate surface area is 117 Å². The van der Waals surface area contributed by atoms with Crippen LogP contribution < -0.4 is 10.6 Å². The van der Waals surface area contributed by atoms with E-state index in [1.807, 2.05) is 29.4 Å². The smallest absolute Gasteiger partial charge is 0.211 e. The minimum Gasteiger partial charge on any atom is -0.370 e. The van der Waals surface area contributed by atoms with Crippen molar-refractivity contribution >= 4 is 12.8 Å². The van der Waals surface area contributed by atoms with Crippen LogP contribution in [0.3, 0.4) is 0 Å². The topological polar surface area (TPSA) is 74.3 Å². The van der Waals surface area contributed by atoms with Crippen LogP contribution in [-0.2, 0) is 16.0 Å². The first-order chi connectivity index (χ1) is 9.81. The molecular weight excluding hydrogens is 256 g/mol. The van der Waals surface area contributed by atoms with Gasteiger partial charge in [0.25, 0.3) is 0 Å². The summed E-state index contributed by atoms with van der Waals surface area (Å²) in [6.45, 7) is 1.37. The van der Waals surface area contributed by atoms with Crippen molar-refractivity contribution in [1.29, 1.82) is 0 Å². The number of aromatic nitrogens is 1. The van der Waals surface area contributed by atoms with Crippen LogP contribution in [0.1, 0.15) is 5.56 Å². The summed E-state index contributed by atoms with van der Waals surface area (Å²) in [7, 11) is 0. The number of amides is 2. The van der Waals surface area contributed by atoms with E-state index in [0.29, 0.717) is 25.1 Å². The molecule has 0 saturated heterocycles. The van der Waals surface area contributed by atoms with Gasteiger partial charge in [-0.25, -0.2) is 0 Å². The lowest BCUT2D eigenvalue weighted by Crippen LogP contribution is -2.32. The van der Waals surface area contributed by atoms with E-state index < -0.39 is 0 Å². The third-order valence-corrected chi connectivity index (χ3v) is 2.91. The van der Waals surface area contributed by atoms with Gasteiger partial charge in [0, 0.05) is 30.8 Å². The number of carbonyl (C=O) groups excluding carboxylic acids is 2. The second kappa shape index (κ2) is 7.08. The second-order valence-electron chi connectivity index (χ2n) is 4.36. The molecule has 0 unspecified atom stereocenters. The van der Waals surface area contributed by atoms with E-state index in [1.54, 1.807) is 12.3 Å². The third kappa shape index (κ3) is 3.94. The van der Waals surface area contributed by atoms with Crippen molar-refractivity contribution in [2.45, 2.75) is 6.42 Å². The summed E-state index contributed by atoms with van der Waals surface area (Å²) in [6.07, 6.45) is 9.27. The van der Waals surface area contributed by atoms with Crippen molar-refractivity contribution < 1.29 is 9.59 Å². The zero-order valence-corrected chi connectivity index (χ0v) is 11.0. The molecule has 2 amide bonds. The minimum absolute atomic E-state index is 0.600. The van der Waals surface area contributed by atoms with Crippen LogP contribution >= 0.6 is 0 Å². The van der Waals surface area contributed by atoms with E-state index in [-0.39, 0.29) is 0 Å². The predicted octanol–water partition coefficient (Wildman–Crippen LogP) is 0.157. The highest BCUT2D eigenvalue weighted by molar-refractivity contribution is 5.55. The van der Waals surface area contributed by atoms with Crippen LogP contribution in [0.5, 0.6) is 0 Å². The Hall–Kier alpha value is -2.63. The molecule has 0 bridgehead atoms. The summed E-state index contributed by atoms with van der Waals surface area (Å²) >= 11 is 0. The lowest BCUT2D eigenvalue weighted by Gasteiger charge is -2.26. The SMILES string of the molecule is O=CNC1=CN(CCc2cccnc2)CC(NC=O)=C1. The standard InChI is InChI=1S/C14H16N4O2/c19-10-16-13-6-14(17-11-20)9-18(8-13)5-3-12-2-1-4-15-7-12/h1-2,4,6-8,10-11H,3,5,9H2,(H,16,19)(H,17,20). The summed E-state index contributed by atoms with van der Waals surface area (Å²) in [5, 5.41) is 5.23. The number of nitrogens with zero attached hydrogens (tertiary/aromatic N) is 2. The van der Waals surface area contributed by atoms with Crippen molar-refractivity contribution in [3.05, 3.63) is 53.8 Å². The summed E-state index contributed by atoms with van der Waals surface area (Å²) in [5.74, 6) is 0. The van der Waals surface area contributed by atoms with Gasteiger partial charge in [0.2, 0.25) is 12.8 Å². The average molecular weight is 272 g/mol. The molecule has 1 aliphatic heterocycles. The first-order valence-electron chi connectivity index (χ1n) is 6.27. The van der Waals surface area contributed by atoms with Crippen LogP contribution in [0.15, 0.2) is 48.2 Å². The predicted molar refractivity (Wildman–Crippen MR) is 74.1 cm³/mol. The Morgan fingerprint density at radius 1 is 1.30 bits per heavy atom. The van der Waals surface area contributed by atoms with Gasteiger partial charge in [-0.05, 0) is 24.1 Å². The number of hydrogen-bond donors (Lipinski definition) is 2. The van der Waals surface area contributed by atoms with Gasteiger partial charge < -0.3 is 15.5 Å². The van der Waals surface area contributed by atoms with Gasteiger partial charge >= 0.3 is 0 Å². The van der Waals surface area contributed by atoms with Gasteiger partial charge in [0.15, 0.2) is 0 Å². The van der Waals surface area contributed by atoms with Gasteiger partial charge in [-0.3, -0.25) is 14.6 Å². The number of carbonyl (C=O) groups is 2. The van der Waals surface area contributed by atoms with Crippen molar-refractivity contribution in [1.82, 2.24) is 20.5 Å². The normalized spacial score (nSPS) is 14.1. The Bertz CT molecular complexity index is 525. The fourth-order valence-electron chi connectivity index (χ4n) is 2.00. The van der Waals surface area contributed by atoms with Crippen LogP contribution in [0.4, 0.5) is 0 Å². The summed E-state index contributed by atoms with van der Waals surface area (Å²) < 4.78 is 0. The molecule has 0 saturated carbocycles. The number of hydrogen-bond acceptors (Lipinski definition) is 4. The molecule has 1 aromatic heterocycles. The van der Waals surface area contributed by atoms with E-state index >= 15 is 0 Å². The maximum atomic E-state index is 10.5. The van der Waals surface area contributed by atoms with Crippen molar-refractivity contribution in [3.63, 3.8) is 0 Å². The van der Waals surface area contributed by atoms with E-state index in [0.717, 1.165) is 24.2 Å². The molecule has 2 rings (SSSR count). The fraction of sp³-hybridized carbons (Fsp3) is 0.214. The monoisotopic (exact) mass is 272 g/mol. The first kappa shape index (κ1) is 13.8. The van der Waals surface area contributed by atoms with Gasteiger partial charge in [-0.2, -0.15) is 0 Å². The average Bonchev–Trinajstić information content (AvgIpc) is 2.47. The van der Waals surface area contributed by atoms with Crippen LogP contribution in [0.2, 0.25) is 0 Å². The van der Waals surface area contributed by atoms with Crippen molar-refractivity contribution in [2.24, 2.45) is 0 Å². The number of rotatable bonds is 7. The van der Waals surface area contributed by atoms with Gasteiger partial charge in [0.1, 0.15) is 0 Å². The third-order valence-electron chi connectivity index (χ3n) is 2.91. The Morgan fingerprint density at radius 3 is 2.85 bits per heavy atom. The molecule has 6 nitrogen and oxygen atoms in total. The van der Waals surface area contributed by atoms with E-state index in [2.05, 4.69) is 15.6 Å². The molecule has 2 N–H and O–H groups in total. The van der Waals surface area contributed by atoms with Crippen LogP contribution in [0, 0.1) is 0 Å². The quantitative estimate of drug-likeness (QED) is 0.693. The molecular formula is C14H16N4O2. The van der Waals surface area contributed by atoms with Crippen LogP contribution in [0.25, 0.3) is 0 Å². The molecule has 20 heavy (non-hydrogen) atoms. The Morgan fingerprint density at radius 2 is 2.15 bits per heavy atom. The molecule has 0 spiro atoms. The maximum absolute atomic E-state index is 10.5. The zero-order valence-electron chi connectivity index (χ0n) is 11.0. The molecule has 104 valence electrons. The molecule has 0 radical (unpaired) electrons. The Balaban J connectivity index is 1.98. The van der Waals surface area contributed by atoms with Crippen molar-refractivity contribution in [3.8, 4) is 0 Å². The highest BCUT2D eigenvalue weighted by atomic mass is 16.1. The minimum atomic E-state index is 0.600. The lowest BCUT2D eigenvalue weighted by molar-refractivity contribution is -0.109. The van der Waals surface area contributed by atoms with E-state index in [4.69, 9.17) is 0 Å². The summed E-state index contributed by atoms with van der Waals surface area (Å²) in [5.41, 5.74) is 2.55. The molecule has 1 aromatic rings. The molecule has 1 aliphatic rings. The lowest BCUT2D eigenvalue weighted by atomic mass is 10.2. The molecule has 0 atom stereocenters.